The highest BCUT2D eigenvalue weighted by molar-refractivity contribution is 4.89. The third-order valence-corrected chi connectivity index (χ3v) is 5.01. The van der Waals surface area contributed by atoms with Gasteiger partial charge in [0.1, 0.15) is 0 Å². The van der Waals surface area contributed by atoms with Crippen LogP contribution in [0.1, 0.15) is 52.4 Å². The first-order valence-corrected chi connectivity index (χ1v) is 9.01. The van der Waals surface area contributed by atoms with E-state index < -0.39 is 0 Å². The third-order valence-electron chi connectivity index (χ3n) is 5.01. The molecule has 3 heteroatoms. The lowest BCUT2D eigenvalue weighted by molar-refractivity contribution is 0.0975. The van der Waals surface area contributed by atoms with Crippen molar-refractivity contribution in [3.63, 3.8) is 0 Å². The van der Waals surface area contributed by atoms with E-state index in [0.29, 0.717) is 5.41 Å². The second-order valence-electron chi connectivity index (χ2n) is 7.75. The first-order chi connectivity index (χ1) is 9.97. The Kier molecular flexibility index (Phi) is 8.84. The van der Waals surface area contributed by atoms with Crippen LogP contribution in [-0.4, -0.2) is 63.7 Å². The van der Waals surface area contributed by atoms with E-state index in [4.69, 9.17) is 0 Å². The second-order valence-corrected chi connectivity index (χ2v) is 7.75. The topological polar surface area (TPSA) is 18.5 Å². The number of hydrogen-bond donors (Lipinski definition) is 1. The van der Waals surface area contributed by atoms with Gasteiger partial charge in [-0.05, 0) is 77.8 Å². The Morgan fingerprint density at radius 1 is 1.10 bits per heavy atom. The van der Waals surface area contributed by atoms with E-state index in [0.717, 1.165) is 5.92 Å². The van der Waals surface area contributed by atoms with Crippen LogP contribution >= 0.6 is 0 Å². The van der Waals surface area contributed by atoms with Crippen LogP contribution in [0, 0.1) is 11.3 Å². The van der Waals surface area contributed by atoms with Gasteiger partial charge in [0.05, 0.1) is 0 Å². The van der Waals surface area contributed by atoms with Crippen LogP contribution in [0.4, 0.5) is 0 Å². The van der Waals surface area contributed by atoms with Gasteiger partial charge in [-0.1, -0.05) is 26.7 Å². The summed E-state index contributed by atoms with van der Waals surface area (Å²) in [6.45, 7) is 10.8. The SMILES string of the molecule is CCCNCC1(CN(C)CCCN(C)C)CCC(C)CC1. The number of nitrogens with zero attached hydrogens (tertiary/aromatic N) is 2. The monoisotopic (exact) mass is 297 g/mol. The Morgan fingerprint density at radius 2 is 1.76 bits per heavy atom. The zero-order valence-electron chi connectivity index (χ0n) is 15.2. The Morgan fingerprint density at radius 3 is 2.33 bits per heavy atom. The van der Waals surface area contributed by atoms with Crippen molar-refractivity contribution in [1.82, 2.24) is 15.1 Å². The van der Waals surface area contributed by atoms with Crippen LogP contribution in [-0.2, 0) is 0 Å². The van der Waals surface area contributed by atoms with Gasteiger partial charge in [-0.25, -0.2) is 0 Å². The summed E-state index contributed by atoms with van der Waals surface area (Å²) < 4.78 is 0. The van der Waals surface area contributed by atoms with Crippen molar-refractivity contribution in [2.45, 2.75) is 52.4 Å². The molecule has 0 unspecified atom stereocenters. The molecule has 0 aromatic heterocycles. The maximum Gasteiger partial charge on any atom is 0.00471 e. The lowest BCUT2D eigenvalue weighted by Gasteiger charge is -2.42. The summed E-state index contributed by atoms with van der Waals surface area (Å²) in [6, 6.07) is 0. The quantitative estimate of drug-likeness (QED) is 0.625. The summed E-state index contributed by atoms with van der Waals surface area (Å²) in [7, 11) is 6.65. The molecule has 0 heterocycles. The van der Waals surface area contributed by atoms with E-state index in [2.05, 4.69) is 50.1 Å². The maximum atomic E-state index is 3.71. The van der Waals surface area contributed by atoms with Crippen molar-refractivity contribution >= 4 is 0 Å². The van der Waals surface area contributed by atoms with Gasteiger partial charge in [0, 0.05) is 13.1 Å². The summed E-state index contributed by atoms with van der Waals surface area (Å²) in [5, 5.41) is 3.71. The molecule has 1 aliphatic carbocycles. The molecule has 3 nitrogen and oxygen atoms in total. The summed E-state index contributed by atoms with van der Waals surface area (Å²) in [4.78, 5) is 4.86. The van der Waals surface area contributed by atoms with Crippen molar-refractivity contribution in [3.8, 4) is 0 Å². The maximum absolute atomic E-state index is 3.71. The number of nitrogens with one attached hydrogen (secondary N) is 1. The minimum atomic E-state index is 0.522. The van der Waals surface area contributed by atoms with Gasteiger partial charge >= 0.3 is 0 Å². The summed E-state index contributed by atoms with van der Waals surface area (Å²) in [6.07, 6.45) is 8.16. The zero-order valence-corrected chi connectivity index (χ0v) is 15.2. The van der Waals surface area contributed by atoms with Crippen LogP contribution in [0.5, 0.6) is 0 Å². The highest BCUT2D eigenvalue weighted by atomic mass is 15.1. The molecule has 0 amide bonds. The number of hydrogen-bond acceptors (Lipinski definition) is 3. The Bertz CT molecular complexity index is 257. The van der Waals surface area contributed by atoms with Crippen molar-refractivity contribution < 1.29 is 0 Å². The number of rotatable bonds is 10. The average molecular weight is 298 g/mol. The fourth-order valence-electron chi connectivity index (χ4n) is 3.60. The van der Waals surface area contributed by atoms with Gasteiger partial charge < -0.3 is 15.1 Å². The lowest BCUT2D eigenvalue weighted by Crippen LogP contribution is -2.45. The molecule has 1 fully saturated rings. The van der Waals surface area contributed by atoms with E-state index in [-0.39, 0.29) is 0 Å². The Labute approximate surface area is 133 Å². The van der Waals surface area contributed by atoms with Gasteiger partial charge in [-0.2, -0.15) is 0 Å². The average Bonchev–Trinajstić information content (AvgIpc) is 2.42. The Hall–Kier alpha value is -0.120. The molecule has 1 rings (SSSR count). The van der Waals surface area contributed by atoms with Crippen LogP contribution in [0.2, 0.25) is 0 Å². The van der Waals surface area contributed by atoms with Gasteiger partial charge in [0.2, 0.25) is 0 Å². The van der Waals surface area contributed by atoms with E-state index in [1.165, 1.54) is 71.2 Å². The molecule has 126 valence electrons. The summed E-state index contributed by atoms with van der Waals surface area (Å²) in [5.74, 6) is 0.934. The molecular weight excluding hydrogens is 258 g/mol. The normalized spacial score (nSPS) is 26.7. The highest BCUT2D eigenvalue weighted by Gasteiger charge is 2.34. The van der Waals surface area contributed by atoms with Crippen molar-refractivity contribution in [2.75, 3.05) is 53.9 Å². The molecule has 21 heavy (non-hydrogen) atoms. The molecule has 0 aliphatic heterocycles. The van der Waals surface area contributed by atoms with E-state index >= 15 is 0 Å². The largest absolute Gasteiger partial charge is 0.316 e. The standard InChI is InChI=1S/C18H39N3/c1-6-12-19-15-18(10-8-17(2)9-11-18)16-21(5)14-7-13-20(3)4/h17,19H,6-16H2,1-5H3. The third kappa shape index (κ3) is 7.62. The molecule has 0 aromatic rings. The lowest BCUT2D eigenvalue weighted by atomic mass is 9.70. The van der Waals surface area contributed by atoms with Gasteiger partial charge in [-0.15, -0.1) is 0 Å². The minimum Gasteiger partial charge on any atom is -0.316 e. The van der Waals surface area contributed by atoms with Crippen LogP contribution in [0.25, 0.3) is 0 Å². The van der Waals surface area contributed by atoms with Crippen LogP contribution < -0.4 is 5.32 Å². The van der Waals surface area contributed by atoms with Gasteiger partial charge in [-0.3, -0.25) is 0 Å². The minimum absolute atomic E-state index is 0.522. The zero-order chi connectivity index (χ0) is 15.7. The van der Waals surface area contributed by atoms with E-state index in [1.54, 1.807) is 0 Å². The molecule has 1 N–H and O–H groups in total. The molecule has 0 saturated heterocycles. The van der Waals surface area contributed by atoms with Crippen LogP contribution in [0.15, 0.2) is 0 Å². The smallest absolute Gasteiger partial charge is 0.00471 e. The van der Waals surface area contributed by atoms with Crippen molar-refractivity contribution in [3.05, 3.63) is 0 Å². The first-order valence-electron chi connectivity index (χ1n) is 9.01. The van der Waals surface area contributed by atoms with Crippen LogP contribution in [0.3, 0.4) is 0 Å². The molecule has 0 radical (unpaired) electrons. The second kappa shape index (κ2) is 9.81. The fourth-order valence-corrected chi connectivity index (χ4v) is 3.60. The molecule has 0 aromatic carbocycles. The van der Waals surface area contributed by atoms with Gasteiger partial charge in [0.25, 0.3) is 0 Å². The predicted octanol–water partition coefficient (Wildman–Crippen LogP) is 3.07. The summed E-state index contributed by atoms with van der Waals surface area (Å²) in [5.41, 5.74) is 0.522. The van der Waals surface area contributed by atoms with Crippen molar-refractivity contribution in [1.29, 1.82) is 0 Å². The molecule has 0 atom stereocenters. The molecule has 1 saturated carbocycles. The van der Waals surface area contributed by atoms with Crippen molar-refractivity contribution in [2.24, 2.45) is 11.3 Å². The van der Waals surface area contributed by atoms with E-state index in [1.807, 2.05) is 0 Å². The predicted molar refractivity (Wildman–Crippen MR) is 93.9 cm³/mol. The molecule has 0 bridgehead atoms. The highest BCUT2D eigenvalue weighted by Crippen LogP contribution is 2.39. The molecular formula is C18H39N3. The fraction of sp³-hybridized carbons (Fsp3) is 1.00. The first kappa shape index (κ1) is 18.9. The Balaban J connectivity index is 2.44. The molecule has 0 spiro atoms. The molecule has 1 aliphatic rings. The van der Waals surface area contributed by atoms with Gasteiger partial charge in [0.15, 0.2) is 0 Å². The van der Waals surface area contributed by atoms with E-state index in [9.17, 15) is 0 Å². The summed E-state index contributed by atoms with van der Waals surface area (Å²) >= 11 is 0.